The number of benzene rings is 2. The van der Waals surface area contributed by atoms with Crippen LogP contribution in [-0.4, -0.2) is 56.1 Å². The van der Waals surface area contributed by atoms with Crippen molar-refractivity contribution in [3.05, 3.63) is 48.0 Å². The minimum absolute atomic E-state index is 0.128. The van der Waals surface area contributed by atoms with Gasteiger partial charge in [-0.3, -0.25) is 4.79 Å². The molecule has 0 bridgehead atoms. The van der Waals surface area contributed by atoms with E-state index in [9.17, 15) is 13.2 Å². The third kappa shape index (κ3) is 5.81. The molecule has 1 saturated carbocycles. The van der Waals surface area contributed by atoms with Crippen LogP contribution >= 0.6 is 0 Å². The van der Waals surface area contributed by atoms with Crippen LogP contribution in [0.25, 0.3) is 22.1 Å². The van der Waals surface area contributed by atoms with Gasteiger partial charge < -0.3 is 14.1 Å². The first-order valence-corrected chi connectivity index (χ1v) is 16.4. The Morgan fingerprint density at radius 1 is 1.02 bits per heavy atom. The number of likely N-dealkylation sites (tertiary alicyclic amines) is 1. The molecule has 0 radical (unpaired) electrons. The lowest BCUT2D eigenvalue weighted by atomic mass is 9.73. The van der Waals surface area contributed by atoms with Gasteiger partial charge in [-0.2, -0.15) is 0 Å². The highest BCUT2D eigenvalue weighted by Gasteiger charge is 2.47. The number of rotatable bonds is 6. The molecule has 9 heteroatoms. The Bertz CT molecular complexity index is 1530. The van der Waals surface area contributed by atoms with Crippen LogP contribution < -0.4 is 4.72 Å². The summed E-state index contributed by atoms with van der Waals surface area (Å²) in [5.41, 5.74) is 1.09. The van der Waals surface area contributed by atoms with Crippen molar-refractivity contribution in [2.75, 3.05) is 26.3 Å². The second-order valence-electron chi connectivity index (χ2n) is 13.3. The average Bonchev–Trinajstić information content (AvgIpc) is 3.33. The largest absolute Gasteiger partial charge is 0.432 e. The highest BCUT2D eigenvalue weighted by Crippen LogP contribution is 2.42. The highest BCUT2D eigenvalue weighted by atomic mass is 32.2. The van der Waals surface area contributed by atoms with E-state index in [0.29, 0.717) is 30.2 Å². The fourth-order valence-electron chi connectivity index (χ4n) is 6.78. The van der Waals surface area contributed by atoms with E-state index in [2.05, 4.69) is 4.72 Å². The summed E-state index contributed by atoms with van der Waals surface area (Å²) in [5, 5.41) is 1.37. The molecule has 220 valence electrons. The molecule has 0 atom stereocenters. The van der Waals surface area contributed by atoms with E-state index >= 15 is 0 Å². The fourth-order valence-corrected chi connectivity index (χ4v) is 8.41. The molecule has 1 aromatic heterocycles. The summed E-state index contributed by atoms with van der Waals surface area (Å²) < 4.78 is 41.4. The van der Waals surface area contributed by atoms with E-state index in [1.165, 1.54) is 19.3 Å². The molecule has 3 aromatic rings. The Labute approximate surface area is 242 Å². The van der Waals surface area contributed by atoms with Crippen molar-refractivity contribution in [2.24, 2.45) is 11.3 Å². The van der Waals surface area contributed by atoms with Crippen LogP contribution in [0.5, 0.6) is 0 Å². The first-order valence-electron chi connectivity index (χ1n) is 15.0. The van der Waals surface area contributed by atoms with E-state index in [4.69, 9.17) is 14.1 Å². The number of amides is 1. The Balaban J connectivity index is 1.38. The monoisotopic (exact) mass is 579 g/mol. The molecule has 8 nitrogen and oxygen atoms in total. The van der Waals surface area contributed by atoms with Crippen LogP contribution in [0.15, 0.2) is 45.7 Å². The number of sulfonamides is 1. The number of hydrogen-bond acceptors (Lipinski definition) is 6. The maximum absolute atomic E-state index is 13.6. The molecule has 6 rings (SSSR count). The van der Waals surface area contributed by atoms with Crippen molar-refractivity contribution in [1.29, 1.82) is 0 Å². The Morgan fingerprint density at radius 3 is 2.39 bits per heavy atom. The summed E-state index contributed by atoms with van der Waals surface area (Å²) in [5.74, 6) is 1.02. The number of carbonyl (C=O) groups excluding carboxylic acids is 1. The van der Waals surface area contributed by atoms with E-state index in [-0.39, 0.29) is 22.1 Å². The van der Waals surface area contributed by atoms with Crippen LogP contribution in [0.4, 0.5) is 0 Å². The maximum atomic E-state index is 13.6. The van der Waals surface area contributed by atoms with Crippen LogP contribution in [0.1, 0.15) is 82.1 Å². The number of oxazole rings is 1. The number of carbonyl (C=O) groups is 1. The molecule has 1 amide bonds. The summed E-state index contributed by atoms with van der Waals surface area (Å²) in [4.78, 5) is 20.5. The van der Waals surface area contributed by atoms with Crippen molar-refractivity contribution in [1.82, 2.24) is 14.6 Å². The second-order valence-corrected chi connectivity index (χ2v) is 14.9. The van der Waals surface area contributed by atoms with Crippen molar-refractivity contribution in [3.8, 4) is 11.3 Å². The lowest BCUT2D eigenvalue weighted by molar-refractivity contribution is -0.0676. The molecular weight excluding hydrogens is 538 g/mol. The maximum Gasteiger partial charge on any atom is 0.309 e. The zero-order valence-electron chi connectivity index (χ0n) is 24.4. The van der Waals surface area contributed by atoms with Gasteiger partial charge in [0.25, 0.3) is 5.89 Å². The number of ether oxygens (including phenoxy) is 1. The van der Waals surface area contributed by atoms with Crippen LogP contribution in [0, 0.1) is 11.3 Å². The van der Waals surface area contributed by atoms with Crippen molar-refractivity contribution in [2.45, 2.75) is 82.6 Å². The summed E-state index contributed by atoms with van der Waals surface area (Å²) >= 11 is 0. The minimum atomic E-state index is -3.77. The van der Waals surface area contributed by atoms with Gasteiger partial charge in [0.05, 0.1) is 10.6 Å². The molecule has 2 aromatic carbocycles. The molecule has 3 heterocycles. The molecule has 1 aliphatic carbocycles. The topological polar surface area (TPSA) is 102 Å². The number of hydrogen-bond donors (Lipinski definition) is 1. The molecule has 41 heavy (non-hydrogen) atoms. The average molecular weight is 580 g/mol. The quantitative estimate of drug-likeness (QED) is 0.387. The van der Waals surface area contributed by atoms with Gasteiger partial charge in [0.15, 0.2) is 5.76 Å². The van der Waals surface area contributed by atoms with Gasteiger partial charge >= 0.3 is 5.91 Å². The van der Waals surface area contributed by atoms with E-state index in [0.717, 1.165) is 62.0 Å². The number of aromatic nitrogens is 1. The van der Waals surface area contributed by atoms with Gasteiger partial charge in [0.2, 0.25) is 10.0 Å². The van der Waals surface area contributed by atoms with E-state index < -0.39 is 15.6 Å². The van der Waals surface area contributed by atoms with Gasteiger partial charge in [0, 0.05) is 48.2 Å². The molecule has 3 aliphatic rings. The van der Waals surface area contributed by atoms with Gasteiger partial charge in [-0.05, 0) is 63.5 Å². The molecule has 2 aliphatic heterocycles. The lowest BCUT2D eigenvalue weighted by Gasteiger charge is -2.51. The van der Waals surface area contributed by atoms with Crippen LogP contribution in [0.3, 0.4) is 0 Å². The van der Waals surface area contributed by atoms with Crippen LogP contribution in [0.2, 0.25) is 0 Å². The third-order valence-electron chi connectivity index (χ3n) is 8.84. The standard InChI is InChI=1S/C32H41N3O5S/c1-31(2,3)34-41(37,38)27-14-13-25(23-11-7-8-12-24(23)27)28-26(19-22-9-5-4-6-10-22)33-29(40-28)30(36)35-20-32(21-35)15-17-39-18-16-32/h7-8,11-14,22,34H,4-6,9-10,15-21H2,1-3H3. The predicted molar refractivity (Wildman–Crippen MR) is 158 cm³/mol. The molecule has 2 saturated heterocycles. The van der Waals surface area contributed by atoms with Crippen molar-refractivity contribution in [3.63, 3.8) is 0 Å². The Morgan fingerprint density at radius 2 is 1.71 bits per heavy atom. The lowest BCUT2D eigenvalue weighted by Crippen LogP contribution is -2.60. The normalized spacial score (nSPS) is 19.9. The number of nitrogens with one attached hydrogen (secondary N) is 1. The minimum Gasteiger partial charge on any atom is -0.432 e. The summed E-state index contributed by atoms with van der Waals surface area (Å²) in [6, 6.07) is 10.9. The number of fused-ring (bicyclic) bond motifs is 1. The van der Waals surface area contributed by atoms with Crippen molar-refractivity contribution >= 4 is 26.7 Å². The molecule has 1 spiro atoms. The molecule has 1 N–H and O–H groups in total. The Hall–Kier alpha value is -2.75. The van der Waals surface area contributed by atoms with Gasteiger partial charge in [-0.1, -0.05) is 56.4 Å². The van der Waals surface area contributed by atoms with Gasteiger partial charge in [-0.25, -0.2) is 18.1 Å². The predicted octanol–water partition coefficient (Wildman–Crippen LogP) is 5.95. The van der Waals surface area contributed by atoms with Crippen LogP contribution in [-0.2, 0) is 21.2 Å². The zero-order chi connectivity index (χ0) is 28.8. The van der Waals surface area contributed by atoms with Gasteiger partial charge in [-0.15, -0.1) is 0 Å². The first kappa shape index (κ1) is 28.4. The highest BCUT2D eigenvalue weighted by molar-refractivity contribution is 7.89. The summed E-state index contributed by atoms with van der Waals surface area (Å²) in [6.45, 7) is 8.40. The summed E-state index contributed by atoms with van der Waals surface area (Å²) in [6.07, 6.45) is 8.66. The SMILES string of the molecule is CC(C)(C)NS(=O)(=O)c1ccc(-c2oc(C(=O)N3CC4(CCOCC4)C3)nc2CC2CCCCC2)c2ccccc12. The zero-order valence-corrected chi connectivity index (χ0v) is 25.2. The smallest absolute Gasteiger partial charge is 0.309 e. The Kier molecular flexibility index (Phi) is 7.49. The van der Waals surface area contributed by atoms with E-state index in [1.807, 2.05) is 49.9 Å². The van der Waals surface area contributed by atoms with Gasteiger partial charge in [0.1, 0.15) is 0 Å². The fraction of sp³-hybridized carbons (Fsp3) is 0.562. The van der Waals surface area contributed by atoms with Crippen molar-refractivity contribution < 1.29 is 22.4 Å². The molecule has 3 fully saturated rings. The number of nitrogens with zero attached hydrogens (tertiary/aromatic N) is 2. The third-order valence-corrected chi connectivity index (χ3v) is 10.7. The molecule has 0 unspecified atom stereocenters. The second kappa shape index (κ2) is 10.8. The first-order chi connectivity index (χ1) is 19.5. The van der Waals surface area contributed by atoms with E-state index in [1.54, 1.807) is 12.1 Å². The molecular formula is C32H41N3O5S. The summed E-state index contributed by atoms with van der Waals surface area (Å²) in [7, 11) is -3.77.